The van der Waals surface area contributed by atoms with Crippen LogP contribution in [0.4, 0.5) is 10.1 Å². The van der Waals surface area contributed by atoms with Crippen molar-refractivity contribution in [1.29, 1.82) is 0 Å². The SMILES string of the molecule is CN=C(NCCCN(C)c1cccc(F)c1)NCC1CCCS1.I. The molecule has 2 rings (SSSR count). The third-order valence-electron chi connectivity index (χ3n) is 3.96. The molecule has 1 aliphatic heterocycles. The van der Waals surface area contributed by atoms with Gasteiger partial charge in [0.1, 0.15) is 5.82 Å². The van der Waals surface area contributed by atoms with Gasteiger partial charge in [0.25, 0.3) is 0 Å². The van der Waals surface area contributed by atoms with E-state index in [-0.39, 0.29) is 29.8 Å². The molecule has 0 radical (unpaired) electrons. The molecule has 2 N–H and O–H groups in total. The Hall–Kier alpha value is -0.700. The summed E-state index contributed by atoms with van der Waals surface area (Å²) < 4.78 is 13.2. The lowest BCUT2D eigenvalue weighted by atomic mass is 10.2. The standard InChI is InChI=1S/C17H27FN4S.HI/c1-19-17(21-13-16-8-4-11-23-16)20-9-5-10-22(2)15-7-3-6-14(18)12-15;/h3,6-7,12,16H,4-5,8-11,13H2,1-2H3,(H2,19,20,21);1H. The summed E-state index contributed by atoms with van der Waals surface area (Å²) in [4.78, 5) is 6.32. The van der Waals surface area contributed by atoms with Gasteiger partial charge in [-0.3, -0.25) is 4.99 Å². The number of aliphatic imine (C=N–C) groups is 1. The van der Waals surface area contributed by atoms with Crippen LogP contribution in [0.3, 0.4) is 0 Å². The maximum atomic E-state index is 13.2. The third-order valence-corrected chi connectivity index (χ3v) is 5.35. The Morgan fingerprint density at radius 2 is 2.25 bits per heavy atom. The van der Waals surface area contributed by atoms with E-state index in [9.17, 15) is 4.39 Å². The second kappa shape index (κ2) is 11.8. The maximum absolute atomic E-state index is 13.2. The number of anilines is 1. The second-order valence-electron chi connectivity index (χ2n) is 5.77. The Morgan fingerprint density at radius 1 is 1.42 bits per heavy atom. The van der Waals surface area contributed by atoms with E-state index < -0.39 is 0 Å². The average molecular weight is 466 g/mol. The van der Waals surface area contributed by atoms with E-state index in [0.29, 0.717) is 5.25 Å². The Labute approximate surface area is 166 Å². The topological polar surface area (TPSA) is 39.7 Å². The highest BCUT2D eigenvalue weighted by molar-refractivity contribution is 14.0. The largest absolute Gasteiger partial charge is 0.374 e. The summed E-state index contributed by atoms with van der Waals surface area (Å²) in [5.41, 5.74) is 0.908. The van der Waals surface area contributed by atoms with Crippen molar-refractivity contribution < 1.29 is 4.39 Å². The summed E-state index contributed by atoms with van der Waals surface area (Å²) in [6.07, 6.45) is 3.59. The molecule has 1 aromatic carbocycles. The predicted octanol–water partition coefficient (Wildman–Crippen LogP) is 3.33. The zero-order chi connectivity index (χ0) is 16.5. The lowest BCUT2D eigenvalue weighted by molar-refractivity contribution is 0.626. The number of guanidine groups is 1. The molecule has 136 valence electrons. The molecule has 0 amide bonds. The van der Waals surface area contributed by atoms with Crippen molar-refractivity contribution in [3.63, 3.8) is 0 Å². The van der Waals surface area contributed by atoms with Gasteiger partial charge in [0, 0.05) is 44.7 Å². The van der Waals surface area contributed by atoms with Crippen molar-refractivity contribution in [2.75, 3.05) is 44.4 Å². The molecule has 1 atom stereocenters. The lowest BCUT2D eigenvalue weighted by Gasteiger charge is -2.20. The molecule has 0 saturated carbocycles. The van der Waals surface area contributed by atoms with Gasteiger partial charge in [-0.2, -0.15) is 11.8 Å². The van der Waals surface area contributed by atoms with Crippen LogP contribution in [-0.4, -0.2) is 50.7 Å². The maximum Gasteiger partial charge on any atom is 0.191 e. The van der Waals surface area contributed by atoms with Gasteiger partial charge in [-0.25, -0.2) is 4.39 Å². The fourth-order valence-corrected chi connectivity index (χ4v) is 3.80. The first-order valence-electron chi connectivity index (χ1n) is 8.22. The number of rotatable bonds is 7. The summed E-state index contributed by atoms with van der Waals surface area (Å²) in [5.74, 6) is 1.96. The number of hydrogen-bond acceptors (Lipinski definition) is 3. The van der Waals surface area contributed by atoms with E-state index in [1.165, 1.54) is 24.7 Å². The summed E-state index contributed by atoms with van der Waals surface area (Å²) >= 11 is 2.04. The normalized spacial score (nSPS) is 17.3. The van der Waals surface area contributed by atoms with Crippen LogP contribution in [0.15, 0.2) is 29.3 Å². The molecule has 0 bridgehead atoms. The van der Waals surface area contributed by atoms with Gasteiger partial charge in [0.05, 0.1) is 0 Å². The third kappa shape index (κ3) is 7.46. The molecular formula is C17H28FIN4S. The van der Waals surface area contributed by atoms with Crippen LogP contribution in [0.2, 0.25) is 0 Å². The highest BCUT2D eigenvalue weighted by Crippen LogP contribution is 2.25. The minimum atomic E-state index is -0.193. The van der Waals surface area contributed by atoms with Crippen LogP contribution in [0.25, 0.3) is 0 Å². The summed E-state index contributed by atoms with van der Waals surface area (Å²) in [6.45, 7) is 2.69. The fraction of sp³-hybridized carbons (Fsp3) is 0.588. The highest BCUT2D eigenvalue weighted by atomic mass is 127. The van der Waals surface area contributed by atoms with Gasteiger partial charge < -0.3 is 15.5 Å². The van der Waals surface area contributed by atoms with Crippen molar-refractivity contribution in [2.24, 2.45) is 4.99 Å². The molecule has 1 aromatic rings. The van der Waals surface area contributed by atoms with E-state index in [2.05, 4.69) is 20.5 Å². The van der Waals surface area contributed by atoms with Crippen LogP contribution in [-0.2, 0) is 0 Å². The zero-order valence-electron chi connectivity index (χ0n) is 14.4. The number of hydrogen-bond donors (Lipinski definition) is 2. The van der Waals surface area contributed by atoms with Crippen LogP contribution in [0.5, 0.6) is 0 Å². The molecule has 4 nitrogen and oxygen atoms in total. The zero-order valence-corrected chi connectivity index (χ0v) is 17.6. The van der Waals surface area contributed by atoms with Gasteiger partial charge >= 0.3 is 0 Å². The van der Waals surface area contributed by atoms with Crippen LogP contribution >= 0.6 is 35.7 Å². The molecule has 1 aliphatic rings. The van der Waals surface area contributed by atoms with Crippen LogP contribution in [0.1, 0.15) is 19.3 Å². The van der Waals surface area contributed by atoms with Crippen molar-refractivity contribution in [3.8, 4) is 0 Å². The minimum Gasteiger partial charge on any atom is -0.374 e. The smallest absolute Gasteiger partial charge is 0.191 e. The van der Waals surface area contributed by atoms with Crippen LogP contribution in [0, 0.1) is 5.82 Å². The van der Waals surface area contributed by atoms with Crippen molar-refractivity contribution in [1.82, 2.24) is 10.6 Å². The first-order valence-corrected chi connectivity index (χ1v) is 9.26. The highest BCUT2D eigenvalue weighted by Gasteiger charge is 2.15. The van der Waals surface area contributed by atoms with E-state index in [1.54, 1.807) is 19.2 Å². The lowest BCUT2D eigenvalue weighted by Crippen LogP contribution is -2.41. The molecule has 7 heteroatoms. The fourth-order valence-electron chi connectivity index (χ4n) is 2.60. The Balaban J connectivity index is 0.00000288. The first kappa shape index (κ1) is 21.3. The summed E-state index contributed by atoms with van der Waals surface area (Å²) in [6, 6.07) is 6.70. The molecule has 1 fully saturated rings. The Bertz CT molecular complexity index is 509. The van der Waals surface area contributed by atoms with Crippen molar-refractivity contribution in [2.45, 2.75) is 24.5 Å². The quantitative estimate of drug-likeness (QED) is 0.280. The molecule has 0 aliphatic carbocycles. The minimum absolute atomic E-state index is 0. The van der Waals surface area contributed by atoms with Crippen molar-refractivity contribution in [3.05, 3.63) is 30.1 Å². The monoisotopic (exact) mass is 466 g/mol. The number of halogens is 2. The van der Waals surface area contributed by atoms with Gasteiger partial charge in [-0.15, -0.1) is 24.0 Å². The van der Waals surface area contributed by atoms with Gasteiger partial charge in [-0.1, -0.05) is 6.07 Å². The summed E-state index contributed by atoms with van der Waals surface area (Å²) in [5, 5.41) is 7.45. The first-order chi connectivity index (χ1) is 11.2. The molecule has 0 aromatic heterocycles. The summed E-state index contributed by atoms with van der Waals surface area (Å²) in [7, 11) is 3.79. The van der Waals surface area contributed by atoms with Gasteiger partial charge in [0.2, 0.25) is 0 Å². The predicted molar refractivity (Wildman–Crippen MR) is 115 cm³/mol. The van der Waals surface area contributed by atoms with E-state index in [0.717, 1.165) is 37.7 Å². The number of thioether (sulfide) groups is 1. The average Bonchev–Trinajstić information content (AvgIpc) is 3.07. The van der Waals surface area contributed by atoms with Gasteiger partial charge in [-0.05, 0) is 43.2 Å². The number of nitrogens with zero attached hydrogens (tertiary/aromatic N) is 2. The molecule has 1 unspecified atom stereocenters. The Kier molecular flexibility index (Phi) is 10.5. The van der Waals surface area contributed by atoms with Gasteiger partial charge in [0.15, 0.2) is 5.96 Å². The molecule has 0 spiro atoms. The second-order valence-corrected chi connectivity index (χ2v) is 7.18. The number of nitrogens with one attached hydrogen (secondary N) is 2. The molecular weight excluding hydrogens is 438 g/mol. The van der Waals surface area contributed by atoms with E-state index in [1.807, 2.05) is 24.9 Å². The van der Waals surface area contributed by atoms with Crippen LogP contribution < -0.4 is 15.5 Å². The van der Waals surface area contributed by atoms with E-state index in [4.69, 9.17) is 0 Å². The molecule has 24 heavy (non-hydrogen) atoms. The number of benzene rings is 1. The van der Waals surface area contributed by atoms with E-state index >= 15 is 0 Å². The molecule has 1 heterocycles. The van der Waals surface area contributed by atoms with Crippen molar-refractivity contribution >= 4 is 47.4 Å². The molecule has 1 saturated heterocycles. The Morgan fingerprint density at radius 3 is 2.92 bits per heavy atom.